The van der Waals surface area contributed by atoms with E-state index >= 15 is 0 Å². The van der Waals surface area contributed by atoms with Crippen LogP contribution in [0.1, 0.15) is 49.0 Å². The lowest BCUT2D eigenvalue weighted by Gasteiger charge is -2.21. The monoisotopic (exact) mass is 234 g/mol. The Balaban J connectivity index is 1.88. The van der Waals surface area contributed by atoms with Gasteiger partial charge in [0.2, 0.25) is 0 Å². The fourth-order valence-electron chi connectivity index (χ4n) is 2.29. The number of aromatic nitrogens is 2. The minimum absolute atomic E-state index is 0.426. The highest BCUT2D eigenvalue weighted by atomic mass is 16.5. The summed E-state index contributed by atoms with van der Waals surface area (Å²) in [6, 6.07) is 1.97. The van der Waals surface area contributed by atoms with Gasteiger partial charge in [-0.25, -0.2) is 15.8 Å². The second-order valence-electron chi connectivity index (χ2n) is 4.84. The first-order valence-electron chi connectivity index (χ1n) is 6.30. The summed E-state index contributed by atoms with van der Waals surface area (Å²) < 4.78 is 5.37. The average molecular weight is 234 g/mol. The van der Waals surface area contributed by atoms with Gasteiger partial charge in [-0.15, -0.1) is 0 Å². The molecular weight excluding hydrogens is 216 g/mol. The lowest BCUT2D eigenvalue weighted by Crippen LogP contribution is -2.18. The molecule has 1 saturated carbocycles. The number of nitrogens with one attached hydrogen (secondary N) is 1. The van der Waals surface area contributed by atoms with Crippen molar-refractivity contribution in [2.24, 2.45) is 5.84 Å². The molecule has 0 unspecified atom stereocenters. The number of ether oxygens (including phenoxy) is 1. The van der Waals surface area contributed by atoms with Gasteiger partial charge in [0, 0.05) is 36.8 Å². The Kier molecular flexibility index (Phi) is 2.94. The van der Waals surface area contributed by atoms with Crippen LogP contribution in [0.3, 0.4) is 0 Å². The summed E-state index contributed by atoms with van der Waals surface area (Å²) in [6.45, 7) is 1.63. The molecule has 0 atom stereocenters. The van der Waals surface area contributed by atoms with Gasteiger partial charge < -0.3 is 10.2 Å². The standard InChI is InChI=1S/C12H18N4O/c13-16-11-7-10(8-1-2-8)14-12(15-11)9-3-5-17-6-4-9/h7-9H,1-6,13H2,(H,14,15,16). The van der Waals surface area contributed by atoms with E-state index in [0.717, 1.165) is 43.4 Å². The van der Waals surface area contributed by atoms with Crippen LogP contribution in [0.4, 0.5) is 5.82 Å². The zero-order chi connectivity index (χ0) is 11.7. The molecule has 17 heavy (non-hydrogen) atoms. The maximum absolute atomic E-state index is 5.47. The van der Waals surface area contributed by atoms with E-state index in [1.807, 2.05) is 6.07 Å². The van der Waals surface area contributed by atoms with Crippen LogP contribution in [-0.4, -0.2) is 23.2 Å². The third-order valence-electron chi connectivity index (χ3n) is 3.49. The summed E-state index contributed by atoms with van der Waals surface area (Å²) >= 11 is 0. The van der Waals surface area contributed by atoms with Crippen molar-refractivity contribution in [1.29, 1.82) is 0 Å². The first kappa shape index (κ1) is 10.9. The summed E-state index contributed by atoms with van der Waals surface area (Å²) in [6.07, 6.45) is 4.51. The Morgan fingerprint density at radius 2 is 1.88 bits per heavy atom. The highest BCUT2D eigenvalue weighted by molar-refractivity contribution is 5.37. The van der Waals surface area contributed by atoms with Gasteiger partial charge in [-0.2, -0.15) is 0 Å². The van der Waals surface area contributed by atoms with E-state index in [-0.39, 0.29) is 0 Å². The molecule has 2 aliphatic rings. The van der Waals surface area contributed by atoms with Crippen molar-refractivity contribution in [3.8, 4) is 0 Å². The minimum atomic E-state index is 0.426. The van der Waals surface area contributed by atoms with E-state index in [1.165, 1.54) is 12.8 Å². The van der Waals surface area contributed by atoms with Crippen LogP contribution in [0, 0.1) is 0 Å². The predicted octanol–water partition coefficient (Wildman–Crippen LogP) is 1.53. The molecular formula is C12H18N4O. The first-order chi connectivity index (χ1) is 8.36. The van der Waals surface area contributed by atoms with Crippen molar-refractivity contribution in [2.75, 3.05) is 18.6 Å². The molecule has 92 valence electrons. The van der Waals surface area contributed by atoms with Gasteiger partial charge in [-0.1, -0.05) is 0 Å². The van der Waals surface area contributed by atoms with E-state index in [4.69, 9.17) is 15.6 Å². The fraction of sp³-hybridized carbons (Fsp3) is 0.667. The van der Waals surface area contributed by atoms with E-state index in [0.29, 0.717) is 11.8 Å². The lowest BCUT2D eigenvalue weighted by molar-refractivity contribution is 0.0835. The molecule has 0 bridgehead atoms. The Labute approximate surface area is 101 Å². The van der Waals surface area contributed by atoms with Crippen molar-refractivity contribution in [1.82, 2.24) is 9.97 Å². The Morgan fingerprint density at radius 1 is 1.12 bits per heavy atom. The normalized spacial score (nSPS) is 21.5. The van der Waals surface area contributed by atoms with Crippen LogP contribution in [0.25, 0.3) is 0 Å². The number of nitrogens with zero attached hydrogens (tertiary/aromatic N) is 2. The molecule has 2 heterocycles. The number of hydrogen-bond donors (Lipinski definition) is 2. The zero-order valence-electron chi connectivity index (χ0n) is 9.85. The third kappa shape index (κ3) is 2.40. The number of nitrogens with two attached hydrogens (primary N) is 1. The second-order valence-corrected chi connectivity index (χ2v) is 4.84. The quantitative estimate of drug-likeness (QED) is 0.613. The Hall–Kier alpha value is -1.20. The molecule has 2 fully saturated rings. The van der Waals surface area contributed by atoms with Crippen molar-refractivity contribution in [3.63, 3.8) is 0 Å². The molecule has 1 aliphatic heterocycles. The Bertz CT molecular complexity index is 399. The smallest absolute Gasteiger partial charge is 0.143 e. The maximum Gasteiger partial charge on any atom is 0.143 e. The minimum Gasteiger partial charge on any atom is -0.381 e. The number of anilines is 1. The van der Waals surface area contributed by atoms with Crippen LogP contribution < -0.4 is 11.3 Å². The molecule has 1 saturated heterocycles. The zero-order valence-corrected chi connectivity index (χ0v) is 9.85. The molecule has 0 amide bonds. The van der Waals surface area contributed by atoms with Gasteiger partial charge in [0.15, 0.2) is 0 Å². The van der Waals surface area contributed by atoms with Gasteiger partial charge >= 0.3 is 0 Å². The molecule has 0 aromatic carbocycles. The molecule has 1 aromatic rings. The number of hydrogen-bond acceptors (Lipinski definition) is 5. The maximum atomic E-state index is 5.47. The fourth-order valence-corrected chi connectivity index (χ4v) is 2.29. The highest BCUT2D eigenvalue weighted by Gasteiger charge is 2.27. The van der Waals surface area contributed by atoms with E-state index in [1.54, 1.807) is 0 Å². The molecule has 1 aromatic heterocycles. The van der Waals surface area contributed by atoms with Crippen molar-refractivity contribution < 1.29 is 4.74 Å². The number of hydrazine groups is 1. The molecule has 0 radical (unpaired) electrons. The molecule has 5 heteroatoms. The SMILES string of the molecule is NNc1cc(C2CC2)nc(C2CCOCC2)n1. The summed E-state index contributed by atoms with van der Waals surface area (Å²) in [5, 5.41) is 0. The molecule has 1 aliphatic carbocycles. The summed E-state index contributed by atoms with van der Waals surface area (Å²) in [5.41, 5.74) is 3.79. The van der Waals surface area contributed by atoms with Gasteiger partial charge in [0.05, 0.1) is 0 Å². The third-order valence-corrected chi connectivity index (χ3v) is 3.49. The van der Waals surface area contributed by atoms with Crippen molar-refractivity contribution in [2.45, 2.75) is 37.5 Å². The van der Waals surface area contributed by atoms with E-state index in [9.17, 15) is 0 Å². The summed E-state index contributed by atoms with van der Waals surface area (Å²) in [7, 11) is 0. The predicted molar refractivity (Wildman–Crippen MR) is 64.6 cm³/mol. The van der Waals surface area contributed by atoms with Crippen LogP contribution in [0.15, 0.2) is 6.07 Å². The van der Waals surface area contributed by atoms with Crippen LogP contribution in [-0.2, 0) is 4.74 Å². The topological polar surface area (TPSA) is 73.1 Å². The first-order valence-corrected chi connectivity index (χ1v) is 6.30. The summed E-state index contributed by atoms with van der Waals surface area (Å²) in [5.74, 6) is 8.20. The number of nitrogen functional groups attached to an aromatic ring is 1. The van der Waals surface area contributed by atoms with E-state index < -0.39 is 0 Å². The van der Waals surface area contributed by atoms with Crippen molar-refractivity contribution >= 4 is 5.82 Å². The van der Waals surface area contributed by atoms with Crippen LogP contribution in [0.2, 0.25) is 0 Å². The van der Waals surface area contributed by atoms with Gasteiger partial charge in [-0.3, -0.25) is 0 Å². The highest BCUT2D eigenvalue weighted by Crippen LogP contribution is 2.40. The molecule has 3 rings (SSSR count). The molecule has 5 nitrogen and oxygen atoms in total. The average Bonchev–Trinajstić information content (AvgIpc) is 3.23. The van der Waals surface area contributed by atoms with Crippen LogP contribution >= 0.6 is 0 Å². The summed E-state index contributed by atoms with van der Waals surface area (Å²) in [4.78, 5) is 9.19. The number of rotatable bonds is 3. The largest absolute Gasteiger partial charge is 0.381 e. The molecule has 3 N–H and O–H groups in total. The molecule has 0 spiro atoms. The Morgan fingerprint density at radius 3 is 2.53 bits per heavy atom. The van der Waals surface area contributed by atoms with Gasteiger partial charge in [-0.05, 0) is 25.7 Å². The lowest BCUT2D eigenvalue weighted by atomic mass is 9.99. The van der Waals surface area contributed by atoms with Crippen LogP contribution in [0.5, 0.6) is 0 Å². The second kappa shape index (κ2) is 4.58. The van der Waals surface area contributed by atoms with E-state index in [2.05, 4.69) is 10.4 Å². The van der Waals surface area contributed by atoms with Gasteiger partial charge in [0.1, 0.15) is 11.6 Å². The van der Waals surface area contributed by atoms with Crippen molar-refractivity contribution in [3.05, 3.63) is 17.6 Å². The van der Waals surface area contributed by atoms with Gasteiger partial charge in [0.25, 0.3) is 0 Å².